The molecule has 18 heavy (non-hydrogen) atoms. The number of hydrogen-bond donors (Lipinski definition) is 2. The maximum Gasteiger partial charge on any atom is 0.329 e. The molecule has 2 amide bonds. The van der Waals surface area contributed by atoms with Crippen molar-refractivity contribution in [2.45, 2.75) is 12.5 Å². The Balaban J connectivity index is 2.43. The molecule has 0 saturated heterocycles. The number of aliphatic carboxylic acids is 1. The van der Waals surface area contributed by atoms with Crippen molar-refractivity contribution < 1.29 is 24.6 Å². The van der Waals surface area contributed by atoms with Crippen LogP contribution in [0, 0.1) is 0 Å². The number of carboxylic acid groups (broad SMARTS) is 1. The van der Waals surface area contributed by atoms with Gasteiger partial charge in [-0.05, 0) is 11.6 Å². The van der Waals surface area contributed by atoms with Crippen LogP contribution in [0.5, 0.6) is 0 Å². The van der Waals surface area contributed by atoms with Crippen molar-refractivity contribution in [2.24, 2.45) is 0 Å². The van der Waals surface area contributed by atoms with E-state index in [9.17, 15) is 14.4 Å². The number of imide groups is 1. The van der Waals surface area contributed by atoms with Crippen LogP contribution in [0.15, 0.2) is 24.3 Å². The fraction of sp³-hybridized carbons (Fsp3) is 0.250. The Morgan fingerprint density at radius 1 is 1.33 bits per heavy atom. The lowest BCUT2D eigenvalue weighted by molar-refractivity contribution is -0.149. The molecule has 0 bridgehead atoms. The van der Waals surface area contributed by atoms with E-state index in [1.54, 1.807) is 18.2 Å². The maximum absolute atomic E-state index is 12.1. The first-order valence-corrected chi connectivity index (χ1v) is 5.34. The van der Waals surface area contributed by atoms with E-state index >= 15 is 0 Å². The van der Waals surface area contributed by atoms with Crippen molar-refractivity contribution >= 4 is 17.8 Å². The van der Waals surface area contributed by atoms with Gasteiger partial charge in [0, 0.05) is 5.56 Å². The third kappa shape index (κ3) is 1.86. The molecule has 6 heteroatoms. The summed E-state index contributed by atoms with van der Waals surface area (Å²) >= 11 is 0. The molecule has 2 rings (SSSR count). The van der Waals surface area contributed by atoms with Crippen molar-refractivity contribution in [3.63, 3.8) is 0 Å². The molecule has 94 valence electrons. The van der Waals surface area contributed by atoms with E-state index in [1.807, 2.05) is 0 Å². The summed E-state index contributed by atoms with van der Waals surface area (Å²) in [6, 6.07) is 5.00. The van der Waals surface area contributed by atoms with Gasteiger partial charge in [0.25, 0.3) is 5.91 Å². The average molecular weight is 249 g/mol. The zero-order valence-corrected chi connectivity index (χ0v) is 9.37. The highest BCUT2D eigenvalue weighted by Crippen LogP contribution is 2.21. The van der Waals surface area contributed by atoms with Crippen LogP contribution in [-0.4, -0.2) is 45.5 Å². The van der Waals surface area contributed by atoms with Crippen molar-refractivity contribution in [3.8, 4) is 0 Å². The molecule has 1 unspecified atom stereocenters. The number of aliphatic hydroxyl groups is 1. The van der Waals surface area contributed by atoms with Gasteiger partial charge < -0.3 is 10.2 Å². The second-order valence-electron chi connectivity index (χ2n) is 3.94. The molecule has 1 aromatic rings. The van der Waals surface area contributed by atoms with Gasteiger partial charge in [0.1, 0.15) is 0 Å². The topological polar surface area (TPSA) is 94.9 Å². The van der Waals surface area contributed by atoms with Crippen molar-refractivity contribution in [1.29, 1.82) is 0 Å². The Morgan fingerprint density at radius 2 is 2.00 bits per heavy atom. The summed E-state index contributed by atoms with van der Waals surface area (Å²) < 4.78 is 0. The third-order valence-electron chi connectivity index (χ3n) is 2.85. The Labute approximate surface area is 102 Å². The second-order valence-corrected chi connectivity index (χ2v) is 3.94. The second kappa shape index (κ2) is 4.58. The van der Waals surface area contributed by atoms with Crippen LogP contribution in [0.3, 0.4) is 0 Å². The number of aliphatic hydroxyl groups excluding tert-OH is 1. The lowest BCUT2D eigenvalue weighted by Gasteiger charge is -2.30. The predicted octanol–water partition coefficient (Wildman–Crippen LogP) is -0.343. The summed E-state index contributed by atoms with van der Waals surface area (Å²) in [6.07, 6.45) is -0.0360. The Kier molecular flexibility index (Phi) is 3.12. The van der Waals surface area contributed by atoms with Crippen LogP contribution >= 0.6 is 0 Å². The number of fused-ring (bicyclic) bond motifs is 1. The minimum Gasteiger partial charge on any atom is -0.480 e. The minimum absolute atomic E-state index is 0.0360. The largest absolute Gasteiger partial charge is 0.480 e. The summed E-state index contributed by atoms with van der Waals surface area (Å²) in [5, 5.41) is 17.9. The first kappa shape index (κ1) is 12.3. The first-order valence-electron chi connectivity index (χ1n) is 5.34. The van der Waals surface area contributed by atoms with E-state index in [1.165, 1.54) is 6.07 Å². The Hall–Kier alpha value is -2.21. The van der Waals surface area contributed by atoms with E-state index in [0.29, 0.717) is 16.0 Å². The number of hydrogen-bond acceptors (Lipinski definition) is 4. The number of benzene rings is 1. The number of amides is 2. The van der Waals surface area contributed by atoms with E-state index in [4.69, 9.17) is 10.2 Å². The summed E-state index contributed by atoms with van der Waals surface area (Å²) in [6.45, 7) is -0.797. The van der Waals surface area contributed by atoms with Gasteiger partial charge in [-0.15, -0.1) is 0 Å². The number of rotatable bonds is 3. The molecular weight excluding hydrogens is 238 g/mol. The third-order valence-corrected chi connectivity index (χ3v) is 2.85. The lowest BCUT2D eigenvalue weighted by atomic mass is 9.97. The number of nitrogens with zero attached hydrogens (tertiary/aromatic N) is 1. The maximum atomic E-state index is 12.1. The highest BCUT2D eigenvalue weighted by molar-refractivity contribution is 6.11. The number of carbonyl (C=O) groups excluding carboxylic acids is 2. The average Bonchev–Trinajstić information content (AvgIpc) is 2.34. The van der Waals surface area contributed by atoms with Gasteiger partial charge in [0.2, 0.25) is 5.91 Å². The standard InChI is InChI=1S/C12H11NO5/c14-6-9(12(17)18)13-10(15)5-7-3-1-2-4-8(7)11(13)16/h1-4,9,14H,5-6H2,(H,17,18). The highest BCUT2D eigenvalue weighted by atomic mass is 16.4. The quantitative estimate of drug-likeness (QED) is 0.714. The molecule has 1 aliphatic heterocycles. The van der Waals surface area contributed by atoms with Gasteiger partial charge in [-0.25, -0.2) is 4.79 Å². The summed E-state index contributed by atoms with van der Waals surface area (Å²) in [7, 11) is 0. The van der Waals surface area contributed by atoms with Gasteiger partial charge in [-0.3, -0.25) is 14.5 Å². The molecule has 0 saturated carbocycles. The van der Waals surface area contributed by atoms with Gasteiger partial charge >= 0.3 is 5.97 Å². The molecule has 0 spiro atoms. The van der Waals surface area contributed by atoms with E-state index in [2.05, 4.69) is 0 Å². The van der Waals surface area contributed by atoms with Gasteiger partial charge in [-0.1, -0.05) is 18.2 Å². The SMILES string of the molecule is O=C(O)C(CO)N1C(=O)Cc2ccccc2C1=O. The number of carboxylic acids is 1. The fourth-order valence-corrected chi connectivity index (χ4v) is 1.96. The fourth-order valence-electron chi connectivity index (χ4n) is 1.96. The van der Waals surface area contributed by atoms with Crippen LogP contribution in [0.1, 0.15) is 15.9 Å². The molecule has 1 heterocycles. The van der Waals surface area contributed by atoms with Gasteiger partial charge in [-0.2, -0.15) is 0 Å². The zero-order chi connectivity index (χ0) is 13.3. The molecule has 0 aliphatic carbocycles. The normalized spacial score (nSPS) is 16.4. The monoisotopic (exact) mass is 249 g/mol. The van der Waals surface area contributed by atoms with E-state index in [0.717, 1.165) is 0 Å². The Bertz CT molecular complexity index is 525. The molecule has 0 fully saturated rings. The van der Waals surface area contributed by atoms with Gasteiger partial charge in [0.05, 0.1) is 13.0 Å². The molecule has 2 N–H and O–H groups in total. The van der Waals surface area contributed by atoms with Gasteiger partial charge in [0.15, 0.2) is 6.04 Å². The lowest BCUT2D eigenvalue weighted by Crippen LogP contribution is -2.53. The van der Waals surface area contributed by atoms with Crippen LogP contribution in [0.2, 0.25) is 0 Å². The highest BCUT2D eigenvalue weighted by Gasteiger charge is 2.38. The van der Waals surface area contributed by atoms with Crippen molar-refractivity contribution in [1.82, 2.24) is 4.90 Å². The molecular formula is C12H11NO5. The molecule has 0 radical (unpaired) electrons. The molecule has 1 atom stereocenters. The molecule has 0 aromatic heterocycles. The summed E-state index contributed by atoms with van der Waals surface area (Å²) in [5.74, 6) is -2.69. The summed E-state index contributed by atoms with van der Waals surface area (Å²) in [4.78, 5) is 35.4. The molecule has 1 aromatic carbocycles. The van der Waals surface area contributed by atoms with Crippen LogP contribution in [-0.2, 0) is 16.0 Å². The Morgan fingerprint density at radius 3 is 2.61 bits per heavy atom. The first-order chi connectivity index (χ1) is 8.56. The van der Waals surface area contributed by atoms with E-state index in [-0.39, 0.29) is 6.42 Å². The van der Waals surface area contributed by atoms with Crippen molar-refractivity contribution in [3.05, 3.63) is 35.4 Å². The smallest absolute Gasteiger partial charge is 0.329 e. The van der Waals surface area contributed by atoms with E-state index < -0.39 is 30.4 Å². The predicted molar refractivity (Wildman–Crippen MR) is 59.8 cm³/mol. The molecule has 6 nitrogen and oxygen atoms in total. The van der Waals surface area contributed by atoms with Crippen molar-refractivity contribution in [2.75, 3.05) is 6.61 Å². The van der Waals surface area contributed by atoms with Crippen LogP contribution in [0.4, 0.5) is 0 Å². The van der Waals surface area contributed by atoms with Crippen LogP contribution < -0.4 is 0 Å². The number of carbonyl (C=O) groups is 3. The minimum atomic E-state index is -1.53. The molecule has 1 aliphatic rings. The zero-order valence-electron chi connectivity index (χ0n) is 9.37. The van der Waals surface area contributed by atoms with Crippen LogP contribution in [0.25, 0.3) is 0 Å². The summed E-state index contributed by atoms with van der Waals surface area (Å²) in [5.41, 5.74) is 0.877.